The van der Waals surface area contributed by atoms with E-state index in [1.165, 1.54) is 0 Å². The van der Waals surface area contributed by atoms with Crippen LogP contribution in [-0.4, -0.2) is 61.7 Å². The molecule has 3 aromatic rings. The van der Waals surface area contributed by atoms with Crippen molar-refractivity contribution in [1.29, 1.82) is 0 Å². The number of aryl methyl sites for hydroxylation is 1. The highest BCUT2D eigenvalue weighted by Crippen LogP contribution is 2.38. The highest BCUT2D eigenvalue weighted by atomic mass is 16.5. The van der Waals surface area contributed by atoms with Gasteiger partial charge in [-0.1, -0.05) is 37.1 Å². The van der Waals surface area contributed by atoms with Crippen molar-refractivity contribution in [2.45, 2.75) is 39.2 Å². The van der Waals surface area contributed by atoms with Crippen molar-refractivity contribution in [1.82, 2.24) is 9.80 Å². The Bertz CT molecular complexity index is 1280. The smallest absolute Gasteiger partial charge is 0.290 e. The fraction of sp³-hybridized carbons (Fsp3) is 0.448. The first-order chi connectivity index (χ1) is 17.6. The minimum atomic E-state index is -0.483. The van der Waals surface area contributed by atoms with Gasteiger partial charge in [0.25, 0.3) is 5.91 Å². The minimum absolute atomic E-state index is 0.132. The highest BCUT2D eigenvalue weighted by Gasteiger charge is 2.42. The van der Waals surface area contributed by atoms with Crippen LogP contribution in [0.1, 0.15) is 59.5 Å². The van der Waals surface area contributed by atoms with Crippen molar-refractivity contribution in [2.24, 2.45) is 0 Å². The molecule has 0 aliphatic carbocycles. The van der Waals surface area contributed by atoms with Gasteiger partial charge in [0, 0.05) is 26.2 Å². The fourth-order valence-electron chi connectivity index (χ4n) is 5.08. The van der Waals surface area contributed by atoms with Crippen LogP contribution in [0.15, 0.2) is 51.7 Å². The molecule has 1 aromatic heterocycles. The molecule has 0 radical (unpaired) electrons. The number of carbonyl (C=O) groups excluding carboxylic acids is 1. The SMILES string of the molecule is CCCCOc1ccc([C@H]2c3c(oc4ccc(C)cc4c3=O)C(=O)N2CCCN2CCOCC2)cc1. The molecule has 0 unspecified atom stereocenters. The molecule has 190 valence electrons. The molecule has 2 aromatic carbocycles. The number of nitrogens with zero attached hydrogens (tertiary/aromatic N) is 2. The summed E-state index contributed by atoms with van der Waals surface area (Å²) < 4.78 is 17.4. The summed E-state index contributed by atoms with van der Waals surface area (Å²) in [5.41, 5.74) is 2.62. The summed E-state index contributed by atoms with van der Waals surface area (Å²) in [6, 6.07) is 12.8. The van der Waals surface area contributed by atoms with Crippen molar-refractivity contribution in [3.63, 3.8) is 0 Å². The zero-order valence-electron chi connectivity index (χ0n) is 21.1. The number of ether oxygens (including phenoxy) is 2. The van der Waals surface area contributed by atoms with Gasteiger partial charge in [-0.05, 0) is 49.6 Å². The summed E-state index contributed by atoms with van der Waals surface area (Å²) in [7, 11) is 0. The van der Waals surface area contributed by atoms with E-state index < -0.39 is 6.04 Å². The molecule has 36 heavy (non-hydrogen) atoms. The molecule has 1 fully saturated rings. The third-order valence-electron chi connectivity index (χ3n) is 7.06. The lowest BCUT2D eigenvalue weighted by Gasteiger charge is -2.29. The molecule has 0 N–H and O–H groups in total. The van der Waals surface area contributed by atoms with E-state index in [1.807, 2.05) is 43.3 Å². The number of unbranched alkanes of at least 4 members (excludes halogenated alkanes) is 1. The number of hydrogen-bond acceptors (Lipinski definition) is 6. The van der Waals surface area contributed by atoms with Gasteiger partial charge in [0.15, 0.2) is 5.43 Å². The van der Waals surface area contributed by atoms with Crippen LogP contribution < -0.4 is 10.2 Å². The lowest BCUT2D eigenvalue weighted by molar-refractivity contribution is 0.0353. The van der Waals surface area contributed by atoms with Crippen LogP contribution in [0.4, 0.5) is 0 Å². The standard InChI is InChI=1S/C29H34N2O5/c1-3-4-16-35-22-9-7-21(8-10-22)26-25-27(32)23-19-20(2)6-11-24(23)36-28(25)29(33)31(26)13-5-12-30-14-17-34-18-15-30/h6-11,19,26H,3-5,12-18H2,1-2H3/t26-/m0/s1. The van der Waals surface area contributed by atoms with E-state index in [4.69, 9.17) is 13.9 Å². The fourth-order valence-corrected chi connectivity index (χ4v) is 5.08. The number of fused-ring (bicyclic) bond motifs is 2. The van der Waals surface area contributed by atoms with E-state index in [2.05, 4.69) is 11.8 Å². The molecule has 0 saturated carbocycles. The van der Waals surface area contributed by atoms with Gasteiger partial charge in [-0.25, -0.2) is 0 Å². The Morgan fingerprint density at radius 2 is 1.78 bits per heavy atom. The molecule has 1 amide bonds. The summed E-state index contributed by atoms with van der Waals surface area (Å²) in [5, 5.41) is 0.515. The summed E-state index contributed by atoms with van der Waals surface area (Å²) >= 11 is 0. The molecular weight excluding hydrogens is 456 g/mol. The van der Waals surface area contributed by atoms with Crippen molar-refractivity contribution >= 4 is 16.9 Å². The average molecular weight is 491 g/mol. The van der Waals surface area contributed by atoms with E-state index in [0.717, 1.165) is 69.0 Å². The van der Waals surface area contributed by atoms with E-state index in [9.17, 15) is 9.59 Å². The normalized spacial score (nSPS) is 18.1. The van der Waals surface area contributed by atoms with Crippen LogP contribution in [-0.2, 0) is 4.74 Å². The average Bonchev–Trinajstić information content (AvgIpc) is 3.17. The number of morpholine rings is 1. The molecular formula is C29H34N2O5. The van der Waals surface area contributed by atoms with Gasteiger partial charge in [0.1, 0.15) is 11.3 Å². The third-order valence-corrected chi connectivity index (χ3v) is 7.06. The maximum absolute atomic E-state index is 13.7. The van der Waals surface area contributed by atoms with Gasteiger partial charge in [0.05, 0.1) is 36.8 Å². The first-order valence-corrected chi connectivity index (χ1v) is 13.0. The van der Waals surface area contributed by atoms with Gasteiger partial charge < -0.3 is 18.8 Å². The van der Waals surface area contributed by atoms with Gasteiger partial charge >= 0.3 is 0 Å². The van der Waals surface area contributed by atoms with Gasteiger partial charge in [-0.3, -0.25) is 14.5 Å². The molecule has 7 nitrogen and oxygen atoms in total. The zero-order chi connectivity index (χ0) is 25.1. The summed E-state index contributed by atoms with van der Waals surface area (Å²) in [6.07, 6.45) is 2.87. The van der Waals surface area contributed by atoms with E-state index in [-0.39, 0.29) is 17.1 Å². The molecule has 1 saturated heterocycles. The maximum atomic E-state index is 13.7. The molecule has 3 heterocycles. The van der Waals surface area contributed by atoms with Crippen LogP contribution in [0.3, 0.4) is 0 Å². The van der Waals surface area contributed by atoms with Gasteiger partial charge in [-0.15, -0.1) is 0 Å². The first kappa shape index (κ1) is 24.5. The largest absolute Gasteiger partial charge is 0.494 e. The van der Waals surface area contributed by atoms with Gasteiger partial charge in [-0.2, -0.15) is 0 Å². The second kappa shape index (κ2) is 10.8. The van der Waals surface area contributed by atoms with Crippen LogP contribution >= 0.6 is 0 Å². The Kier molecular flexibility index (Phi) is 7.39. The first-order valence-electron chi connectivity index (χ1n) is 13.0. The Hall–Kier alpha value is -3.16. The number of carbonyl (C=O) groups is 1. The number of rotatable bonds is 9. The van der Waals surface area contributed by atoms with Crippen LogP contribution in [0.5, 0.6) is 5.75 Å². The van der Waals surface area contributed by atoms with Crippen molar-refractivity contribution in [3.05, 3.63) is 75.1 Å². The molecule has 7 heteroatoms. The monoisotopic (exact) mass is 490 g/mol. The van der Waals surface area contributed by atoms with E-state index >= 15 is 0 Å². The highest BCUT2D eigenvalue weighted by molar-refractivity contribution is 5.99. The quantitative estimate of drug-likeness (QED) is 0.410. The Morgan fingerprint density at radius 3 is 2.53 bits per heavy atom. The number of benzene rings is 2. The molecule has 0 spiro atoms. The van der Waals surface area contributed by atoms with E-state index in [1.54, 1.807) is 11.0 Å². The van der Waals surface area contributed by atoms with Crippen molar-refractivity contribution < 1.29 is 18.7 Å². The minimum Gasteiger partial charge on any atom is -0.494 e. The lowest BCUT2D eigenvalue weighted by atomic mass is 9.98. The Morgan fingerprint density at radius 1 is 1.00 bits per heavy atom. The molecule has 0 bridgehead atoms. The second-order valence-corrected chi connectivity index (χ2v) is 9.65. The molecule has 2 aliphatic rings. The molecule has 5 rings (SSSR count). The summed E-state index contributed by atoms with van der Waals surface area (Å²) in [6.45, 7) is 9.46. The maximum Gasteiger partial charge on any atom is 0.290 e. The predicted molar refractivity (Wildman–Crippen MR) is 139 cm³/mol. The second-order valence-electron chi connectivity index (χ2n) is 9.65. The number of hydrogen-bond donors (Lipinski definition) is 0. The van der Waals surface area contributed by atoms with Crippen LogP contribution in [0.2, 0.25) is 0 Å². The van der Waals surface area contributed by atoms with Gasteiger partial charge in [0.2, 0.25) is 5.76 Å². The molecule has 1 atom stereocenters. The lowest BCUT2D eigenvalue weighted by Crippen LogP contribution is -2.38. The Balaban J connectivity index is 1.48. The topological polar surface area (TPSA) is 72.2 Å². The van der Waals surface area contributed by atoms with Crippen molar-refractivity contribution in [3.8, 4) is 5.75 Å². The van der Waals surface area contributed by atoms with Crippen molar-refractivity contribution in [2.75, 3.05) is 46.0 Å². The molecule has 2 aliphatic heterocycles. The number of amides is 1. The summed E-state index contributed by atoms with van der Waals surface area (Å²) in [4.78, 5) is 31.5. The van der Waals surface area contributed by atoms with Crippen LogP contribution in [0, 0.1) is 6.92 Å². The third kappa shape index (κ3) is 4.90. The summed E-state index contributed by atoms with van der Waals surface area (Å²) in [5.74, 6) is 0.729. The zero-order valence-corrected chi connectivity index (χ0v) is 21.1. The Labute approximate surface area is 211 Å². The van der Waals surface area contributed by atoms with Crippen LogP contribution in [0.25, 0.3) is 11.0 Å². The van der Waals surface area contributed by atoms with E-state index in [0.29, 0.717) is 29.7 Å². The predicted octanol–water partition coefficient (Wildman–Crippen LogP) is 4.55.